The Hall–Kier alpha value is -1.72. The second-order valence-corrected chi connectivity index (χ2v) is 6.30. The molecule has 0 saturated carbocycles. The number of ether oxygens (including phenoxy) is 3. The van der Waals surface area contributed by atoms with Gasteiger partial charge >= 0.3 is 0 Å². The first-order chi connectivity index (χ1) is 12.4. The maximum atomic E-state index is 9.84. The van der Waals surface area contributed by atoms with E-state index in [2.05, 4.69) is 12.1 Å². The van der Waals surface area contributed by atoms with Crippen molar-refractivity contribution < 1.29 is 19.3 Å². The zero-order valence-corrected chi connectivity index (χ0v) is 14.5. The van der Waals surface area contributed by atoms with Gasteiger partial charge in [-0.1, -0.05) is 54.6 Å². The van der Waals surface area contributed by atoms with Crippen molar-refractivity contribution in [3.8, 4) is 0 Å². The molecular formula is C21H26O4. The summed E-state index contributed by atoms with van der Waals surface area (Å²) in [4.78, 5) is 0. The van der Waals surface area contributed by atoms with Gasteiger partial charge in [-0.05, 0) is 29.5 Å². The maximum Gasteiger partial charge on any atom is 0.106 e. The molecule has 0 aliphatic carbocycles. The van der Waals surface area contributed by atoms with Crippen LogP contribution in [0.25, 0.3) is 0 Å². The Labute approximate surface area is 149 Å². The standard InChI is InChI=1S/C21H26O4/c22-14-21(25-19-10-12-23-13-11-19)20-9-5-4-8-18(20)16-24-15-17-6-2-1-3-7-17/h1-9,19,21-22H,10-16H2/t21-/m0/s1. The summed E-state index contributed by atoms with van der Waals surface area (Å²) in [6, 6.07) is 18.1. The van der Waals surface area contributed by atoms with Gasteiger partial charge in [0.15, 0.2) is 0 Å². The molecule has 1 aliphatic heterocycles. The Balaban J connectivity index is 1.62. The van der Waals surface area contributed by atoms with Crippen molar-refractivity contribution in [2.75, 3.05) is 19.8 Å². The molecule has 1 atom stereocenters. The fourth-order valence-corrected chi connectivity index (χ4v) is 3.09. The number of rotatable bonds is 8. The molecule has 0 aromatic heterocycles. The van der Waals surface area contributed by atoms with E-state index >= 15 is 0 Å². The Morgan fingerprint density at radius 2 is 1.68 bits per heavy atom. The van der Waals surface area contributed by atoms with Crippen LogP contribution in [0.1, 0.15) is 35.6 Å². The van der Waals surface area contributed by atoms with Crippen LogP contribution in [-0.4, -0.2) is 31.0 Å². The number of hydrogen-bond donors (Lipinski definition) is 1. The normalized spacial score (nSPS) is 16.7. The number of aliphatic hydroxyl groups is 1. The molecule has 0 radical (unpaired) electrons. The fourth-order valence-electron chi connectivity index (χ4n) is 3.09. The smallest absolute Gasteiger partial charge is 0.106 e. The third-order valence-electron chi connectivity index (χ3n) is 4.46. The molecule has 1 aliphatic rings. The summed E-state index contributed by atoms with van der Waals surface area (Å²) < 4.78 is 17.4. The lowest BCUT2D eigenvalue weighted by Gasteiger charge is -2.28. The third kappa shape index (κ3) is 5.38. The lowest BCUT2D eigenvalue weighted by molar-refractivity contribution is -0.0854. The van der Waals surface area contributed by atoms with Crippen LogP contribution >= 0.6 is 0 Å². The van der Waals surface area contributed by atoms with Gasteiger partial charge in [-0.25, -0.2) is 0 Å². The molecule has 1 fully saturated rings. The molecule has 4 nitrogen and oxygen atoms in total. The first kappa shape index (κ1) is 18.1. The van der Waals surface area contributed by atoms with Crippen LogP contribution < -0.4 is 0 Å². The second kappa shape index (κ2) is 9.68. The Morgan fingerprint density at radius 1 is 0.960 bits per heavy atom. The van der Waals surface area contributed by atoms with Crippen LogP contribution in [0.2, 0.25) is 0 Å². The molecule has 1 saturated heterocycles. The van der Waals surface area contributed by atoms with E-state index in [0.29, 0.717) is 13.2 Å². The minimum Gasteiger partial charge on any atom is -0.393 e. The highest BCUT2D eigenvalue weighted by atomic mass is 16.5. The number of benzene rings is 2. The zero-order chi connectivity index (χ0) is 17.3. The topological polar surface area (TPSA) is 47.9 Å². The van der Waals surface area contributed by atoms with Crippen molar-refractivity contribution in [3.05, 3.63) is 71.3 Å². The van der Waals surface area contributed by atoms with Crippen LogP contribution in [0.4, 0.5) is 0 Å². The van der Waals surface area contributed by atoms with Crippen LogP contribution in [-0.2, 0) is 27.4 Å². The number of aliphatic hydroxyl groups excluding tert-OH is 1. The van der Waals surface area contributed by atoms with E-state index in [1.807, 2.05) is 42.5 Å². The molecule has 0 amide bonds. The van der Waals surface area contributed by atoms with Gasteiger partial charge in [-0.2, -0.15) is 0 Å². The molecule has 0 unspecified atom stereocenters. The van der Waals surface area contributed by atoms with Crippen molar-refractivity contribution >= 4 is 0 Å². The van der Waals surface area contributed by atoms with E-state index in [9.17, 15) is 5.11 Å². The maximum absolute atomic E-state index is 9.84. The molecule has 2 aromatic rings. The lowest BCUT2D eigenvalue weighted by atomic mass is 10.0. The van der Waals surface area contributed by atoms with Crippen LogP contribution in [0.3, 0.4) is 0 Å². The fraction of sp³-hybridized carbons (Fsp3) is 0.429. The van der Waals surface area contributed by atoms with Gasteiger partial charge < -0.3 is 19.3 Å². The minimum atomic E-state index is -0.320. The molecular weight excluding hydrogens is 316 g/mol. The van der Waals surface area contributed by atoms with Gasteiger partial charge in [0.05, 0.1) is 25.9 Å². The van der Waals surface area contributed by atoms with Crippen LogP contribution in [0, 0.1) is 0 Å². The van der Waals surface area contributed by atoms with Gasteiger partial charge in [0.1, 0.15) is 6.10 Å². The Bertz CT molecular complexity index is 623. The Morgan fingerprint density at radius 3 is 2.44 bits per heavy atom. The van der Waals surface area contributed by atoms with Crippen molar-refractivity contribution in [1.82, 2.24) is 0 Å². The highest BCUT2D eigenvalue weighted by molar-refractivity contribution is 5.29. The summed E-state index contributed by atoms with van der Waals surface area (Å²) in [5.41, 5.74) is 3.21. The molecule has 3 rings (SSSR count). The second-order valence-electron chi connectivity index (χ2n) is 6.30. The van der Waals surface area contributed by atoms with Crippen molar-refractivity contribution in [2.45, 2.75) is 38.3 Å². The molecule has 25 heavy (non-hydrogen) atoms. The Kier molecular flexibility index (Phi) is 7.00. The van der Waals surface area contributed by atoms with Crippen LogP contribution in [0.15, 0.2) is 54.6 Å². The largest absolute Gasteiger partial charge is 0.393 e. The highest BCUT2D eigenvalue weighted by Gasteiger charge is 2.22. The van der Waals surface area contributed by atoms with Crippen molar-refractivity contribution in [2.24, 2.45) is 0 Å². The van der Waals surface area contributed by atoms with E-state index < -0.39 is 0 Å². The van der Waals surface area contributed by atoms with E-state index in [4.69, 9.17) is 14.2 Å². The lowest BCUT2D eigenvalue weighted by Crippen LogP contribution is -2.27. The molecule has 0 bridgehead atoms. The van der Waals surface area contributed by atoms with Crippen molar-refractivity contribution in [1.29, 1.82) is 0 Å². The average Bonchev–Trinajstić information content (AvgIpc) is 2.68. The van der Waals surface area contributed by atoms with E-state index in [1.165, 1.54) is 0 Å². The monoisotopic (exact) mass is 342 g/mol. The van der Waals surface area contributed by atoms with Gasteiger partial charge in [-0.15, -0.1) is 0 Å². The molecule has 2 aromatic carbocycles. The molecule has 4 heteroatoms. The summed E-state index contributed by atoms with van der Waals surface area (Å²) in [6.07, 6.45) is 1.58. The van der Waals surface area contributed by atoms with Gasteiger partial charge in [0.2, 0.25) is 0 Å². The van der Waals surface area contributed by atoms with E-state index in [1.54, 1.807) is 0 Å². The molecule has 134 valence electrons. The summed E-state index contributed by atoms with van der Waals surface area (Å²) in [7, 11) is 0. The summed E-state index contributed by atoms with van der Waals surface area (Å²) in [5, 5.41) is 9.84. The quantitative estimate of drug-likeness (QED) is 0.796. The summed E-state index contributed by atoms with van der Waals surface area (Å²) in [6.45, 7) is 2.49. The van der Waals surface area contributed by atoms with Gasteiger partial charge in [-0.3, -0.25) is 0 Å². The number of hydrogen-bond acceptors (Lipinski definition) is 4. The highest BCUT2D eigenvalue weighted by Crippen LogP contribution is 2.26. The SMILES string of the molecule is OC[C@H](OC1CCOCC1)c1ccccc1COCc1ccccc1. The molecule has 0 spiro atoms. The first-order valence-corrected chi connectivity index (χ1v) is 8.90. The predicted octanol–water partition coefficient (Wildman–Crippen LogP) is 3.63. The van der Waals surface area contributed by atoms with E-state index in [-0.39, 0.29) is 18.8 Å². The molecule has 1 N–H and O–H groups in total. The summed E-state index contributed by atoms with van der Waals surface area (Å²) >= 11 is 0. The third-order valence-corrected chi connectivity index (χ3v) is 4.46. The average molecular weight is 342 g/mol. The molecule has 1 heterocycles. The van der Waals surface area contributed by atoms with Gasteiger partial charge in [0.25, 0.3) is 0 Å². The van der Waals surface area contributed by atoms with Crippen LogP contribution in [0.5, 0.6) is 0 Å². The minimum absolute atomic E-state index is 0.0347. The first-order valence-electron chi connectivity index (χ1n) is 8.90. The predicted molar refractivity (Wildman–Crippen MR) is 96.1 cm³/mol. The van der Waals surface area contributed by atoms with E-state index in [0.717, 1.165) is 42.7 Å². The zero-order valence-electron chi connectivity index (χ0n) is 14.5. The summed E-state index contributed by atoms with van der Waals surface area (Å²) in [5.74, 6) is 0. The van der Waals surface area contributed by atoms with Gasteiger partial charge in [0, 0.05) is 13.2 Å². The van der Waals surface area contributed by atoms with Crippen molar-refractivity contribution in [3.63, 3.8) is 0 Å².